The summed E-state index contributed by atoms with van der Waals surface area (Å²) in [5.41, 5.74) is 1.46. The van der Waals surface area contributed by atoms with Crippen molar-refractivity contribution in [1.29, 1.82) is 0 Å². The lowest BCUT2D eigenvalue weighted by molar-refractivity contribution is -0.304. The summed E-state index contributed by atoms with van der Waals surface area (Å²) < 4.78 is 6.38. The van der Waals surface area contributed by atoms with Gasteiger partial charge in [-0.05, 0) is 36.1 Å². The van der Waals surface area contributed by atoms with E-state index in [1.807, 2.05) is 18.4 Å². The van der Waals surface area contributed by atoms with Crippen molar-refractivity contribution in [2.45, 2.75) is 13.3 Å². The lowest BCUT2D eigenvalue weighted by Crippen LogP contribution is -2.24. The molecule has 0 spiro atoms. The monoisotopic (exact) mass is 338 g/mol. The molecule has 108 valence electrons. The van der Waals surface area contributed by atoms with Gasteiger partial charge >= 0.3 is 0 Å². The van der Waals surface area contributed by atoms with Crippen LogP contribution in [0.2, 0.25) is 4.34 Å². The topological polar surface area (TPSA) is 66.2 Å². The van der Waals surface area contributed by atoms with Crippen LogP contribution in [-0.2, 0) is 11.2 Å². The van der Waals surface area contributed by atoms with Gasteiger partial charge in [-0.3, -0.25) is 0 Å². The predicted molar refractivity (Wildman–Crippen MR) is 81.6 cm³/mol. The van der Waals surface area contributed by atoms with E-state index in [0.717, 1.165) is 15.3 Å². The molecule has 0 saturated heterocycles. The molecule has 3 heterocycles. The van der Waals surface area contributed by atoms with Crippen molar-refractivity contribution >= 4 is 40.2 Å². The third-order valence-electron chi connectivity index (χ3n) is 2.75. The average Bonchev–Trinajstić information content (AvgIpc) is 3.09. The highest BCUT2D eigenvalue weighted by molar-refractivity contribution is 7.19. The molecule has 3 rings (SSSR count). The fourth-order valence-electron chi connectivity index (χ4n) is 1.89. The number of hydrogen-bond donors (Lipinski definition) is 0. The number of aromatic nitrogens is 1. The van der Waals surface area contributed by atoms with Crippen molar-refractivity contribution in [2.24, 2.45) is 0 Å². The SMILES string of the molecule is Cc1csc(-c2nc(CC(=O)[O-])c(-c3ccc(Cl)s3)o2)c1. The Labute approximate surface area is 133 Å². The molecule has 0 amide bonds. The number of aryl methyl sites for hydroxylation is 1. The molecule has 0 unspecified atom stereocenters. The normalized spacial score (nSPS) is 11.0. The maximum absolute atomic E-state index is 10.9. The Kier molecular flexibility index (Phi) is 3.84. The Morgan fingerprint density at radius 2 is 2.24 bits per heavy atom. The zero-order valence-electron chi connectivity index (χ0n) is 10.9. The van der Waals surface area contributed by atoms with Gasteiger partial charge in [-0.15, -0.1) is 22.7 Å². The van der Waals surface area contributed by atoms with E-state index in [-0.39, 0.29) is 6.42 Å². The van der Waals surface area contributed by atoms with Gasteiger partial charge in [-0.2, -0.15) is 0 Å². The number of oxazole rings is 1. The van der Waals surface area contributed by atoms with E-state index in [2.05, 4.69) is 4.98 Å². The smallest absolute Gasteiger partial charge is 0.237 e. The molecule has 0 bridgehead atoms. The number of nitrogens with zero attached hydrogens (tertiary/aromatic N) is 1. The number of hydrogen-bond acceptors (Lipinski definition) is 6. The fourth-order valence-corrected chi connectivity index (χ4v) is 3.76. The predicted octanol–water partition coefficient (Wildman–Crippen LogP) is 3.39. The minimum absolute atomic E-state index is 0.293. The van der Waals surface area contributed by atoms with Crippen LogP contribution in [0.25, 0.3) is 21.4 Å². The van der Waals surface area contributed by atoms with Gasteiger partial charge in [-0.1, -0.05) is 11.6 Å². The molecule has 0 aliphatic carbocycles. The van der Waals surface area contributed by atoms with E-state index in [4.69, 9.17) is 16.0 Å². The second-order valence-corrected chi connectivity index (χ2v) is 7.06. The number of carboxylic acid groups (broad SMARTS) is 1. The number of thiophene rings is 2. The van der Waals surface area contributed by atoms with Crippen molar-refractivity contribution in [3.63, 3.8) is 0 Å². The Bertz CT molecular complexity index is 803. The van der Waals surface area contributed by atoms with Crippen molar-refractivity contribution < 1.29 is 14.3 Å². The van der Waals surface area contributed by atoms with Gasteiger partial charge < -0.3 is 14.3 Å². The second kappa shape index (κ2) is 5.63. The number of aliphatic carboxylic acids is 1. The first-order valence-corrected chi connectivity index (χ1v) is 8.11. The van der Waals surface area contributed by atoms with Gasteiger partial charge in [0, 0.05) is 12.4 Å². The zero-order chi connectivity index (χ0) is 15.0. The first-order valence-electron chi connectivity index (χ1n) is 6.03. The third kappa shape index (κ3) is 3.02. The van der Waals surface area contributed by atoms with Crippen molar-refractivity contribution in [3.8, 4) is 21.4 Å². The third-order valence-corrected chi connectivity index (χ3v) is 5.01. The summed E-state index contributed by atoms with van der Waals surface area (Å²) in [5, 5.41) is 12.9. The van der Waals surface area contributed by atoms with Crippen LogP contribution >= 0.6 is 34.3 Å². The number of carbonyl (C=O) groups is 1. The molecule has 0 aliphatic heterocycles. The summed E-state index contributed by atoms with van der Waals surface area (Å²) >= 11 is 8.74. The van der Waals surface area contributed by atoms with Gasteiger partial charge in [0.2, 0.25) is 5.89 Å². The van der Waals surface area contributed by atoms with Gasteiger partial charge in [0.05, 0.1) is 19.8 Å². The van der Waals surface area contributed by atoms with E-state index >= 15 is 0 Å². The van der Waals surface area contributed by atoms with Gasteiger partial charge in [-0.25, -0.2) is 4.98 Å². The molecular weight excluding hydrogens is 330 g/mol. The number of rotatable bonds is 4. The van der Waals surface area contributed by atoms with E-state index in [9.17, 15) is 9.90 Å². The highest BCUT2D eigenvalue weighted by atomic mass is 35.5. The van der Waals surface area contributed by atoms with Crippen LogP contribution in [0.4, 0.5) is 0 Å². The van der Waals surface area contributed by atoms with Gasteiger partial charge in [0.15, 0.2) is 5.76 Å². The molecule has 0 N–H and O–H groups in total. The molecule has 7 heteroatoms. The van der Waals surface area contributed by atoms with E-state index in [0.29, 0.717) is 21.7 Å². The standard InChI is InChI=1S/C14H10ClNO3S2/c1-7-4-10(20-6-7)14-16-8(5-12(17)18)13(19-14)9-2-3-11(15)21-9/h2-4,6H,5H2,1H3,(H,17,18)/p-1. The molecule has 0 fully saturated rings. The lowest BCUT2D eigenvalue weighted by atomic mass is 10.2. The number of carboxylic acids is 1. The van der Waals surface area contributed by atoms with Crippen LogP contribution in [0, 0.1) is 6.92 Å². The molecule has 0 aliphatic rings. The van der Waals surface area contributed by atoms with E-state index in [1.54, 1.807) is 12.1 Å². The summed E-state index contributed by atoms with van der Waals surface area (Å²) in [4.78, 5) is 16.8. The molecule has 0 saturated carbocycles. The molecule has 0 radical (unpaired) electrons. The van der Waals surface area contributed by atoms with Crippen LogP contribution in [0.1, 0.15) is 11.3 Å². The minimum atomic E-state index is -1.19. The van der Waals surface area contributed by atoms with Crippen LogP contribution in [0.15, 0.2) is 28.0 Å². The van der Waals surface area contributed by atoms with Crippen molar-refractivity contribution in [2.75, 3.05) is 0 Å². The molecule has 21 heavy (non-hydrogen) atoms. The quantitative estimate of drug-likeness (QED) is 0.731. The fraction of sp³-hybridized carbons (Fsp3) is 0.143. The summed E-state index contributed by atoms with van der Waals surface area (Å²) in [6, 6.07) is 5.47. The number of halogens is 1. The second-order valence-electron chi connectivity index (χ2n) is 4.44. The van der Waals surface area contributed by atoms with Crippen LogP contribution < -0.4 is 5.11 Å². The van der Waals surface area contributed by atoms with Gasteiger partial charge in [0.1, 0.15) is 0 Å². The zero-order valence-corrected chi connectivity index (χ0v) is 13.3. The Morgan fingerprint density at radius 1 is 1.43 bits per heavy atom. The Morgan fingerprint density at radius 3 is 2.81 bits per heavy atom. The molecule has 0 atom stereocenters. The first-order chi connectivity index (χ1) is 10.0. The molecular formula is C14H9ClNO3S2-. The summed E-state index contributed by atoms with van der Waals surface area (Å²) in [6.45, 7) is 1.98. The molecule has 4 nitrogen and oxygen atoms in total. The maximum atomic E-state index is 10.9. The minimum Gasteiger partial charge on any atom is -0.550 e. The van der Waals surface area contributed by atoms with Crippen molar-refractivity contribution in [3.05, 3.63) is 39.2 Å². The molecule has 3 aromatic rings. The van der Waals surface area contributed by atoms with Crippen molar-refractivity contribution in [1.82, 2.24) is 4.98 Å². The molecule has 0 aromatic carbocycles. The van der Waals surface area contributed by atoms with Gasteiger partial charge in [0.25, 0.3) is 0 Å². The highest BCUT2D eigenvalue weighted by Gasteiger charge is 2.18. The first kappa shape index (κ1) is 14.3. The lowest BCUT2D eigenvalue weighted by Gasteiger charge is -1.99. The van der Waals surface area contributed by atoms with Crippen LogP contribution in [-0.4, -0.2) is 11.0 Å². The number of carbonyl (C=O) groups excluding carboxylic acids is 1. The average molecular weight is 339 g/mol. The summed E-state index contributed by atoms with van der Waals surface area (Å²) in [7, 11) is 0. The maximum Gasteiger partial charge on any atom is 0.237 e. The Balaban J connectivity index is 2.08. The summed E-state index contributed by atoms with van der Waals surface area (Å²) in [5.74, 6) is -0.331. The van der Waals surface area contributed by atoms with E-state index < -0.39 is 5.97 Å². The Hall–Kier alpha value is -1.63. The van der Waals surface area contributed by atoms with E-state index in [1.165, 1.54) is 22.7 Å². The summed E-state index contributed by atoms with van der Waals surface area (Å²) in [6.07, 6.45) is -0.293. The van der Waals surface area contributed by atoms with Crippen LogP contribution in [0.5, 0.6) is 0 Å². The largest absolute Gasteiger partial charge is 0.550 e. The molecule has 3 aromatic heterocycles. The van der Waals surface area contributed by atoms with Crippen LogP contribution in [0.3, 0.4) is 0 Å². The highest BCUT2D eigenvalue weighted by Crippen LogP contribution is 2.37.